The second-order valence-electron chi connectivity index (χ2n) is 6.51. The summed E-state index contributed by atoms with van der Waals surface area (Å²) in [5.74, 6) is 0.910. The molecule has 1 aromatic heterocycles. The smallest absolute Gasteiger partial charge is 0.397 e. The first kappa shape index (κ1) is 16.1. The highest BCUT2D eigenvalue weighted by atomic mass is 19.4. The second kappa shape index (κ2) is 5.67. The first-order chi connectivity index (χ1) is 10.8. The zero-order valence-corrected chi connectivity index (χ0v) is 13.2. The van der Waals surface area contributed by atoms with E-state index in [0.29, 0.717) is 18.7 Å². The van der Waals surface area contributed by atoms with Gasteiger partial charge in [0.05, 0.1) is 11.1 Å². The molecule has 2 heterocycles. The van der Waals surface area contributed by atoms with Crippen molar-refractivity contribution in [2.45, 2.75) is 44.9 Å². The van der Waals surface area contributed by atoms with E-state index < -0.39 is 11.6 Å². The van der Waals surface area contributed by atoms with Crippen LogP contribution in [0.15, 0.2) is 35.1 Å². The second-order valence-corrected chi connectivity index (χ2v) is 6.51. The van der Waals surface area contributed by atoms with Crippen LogP contribution in [-0.4, -0.2) is 22.6 Å². The number of hydrogen-bond donors (Lipinski definition) is 0. The van der Waals surface area contributed by atoms with Crippen LogP contribution >= 0.6 is 0 Å². The van der Waals surface area contributed by atoms with Crippen LogP contribution in [0.4, 0.5) is 13.2 Å². The molecule has 0 saturated heterocycles. The predicted octanol–water partition coefficient (Wildman–Crippen LogP) is 4.07. The van der Waals surface area contributed by atoms with Gasteiger partial charge < -0.3 is 4.42 Å². The lowest BCUT2D eigenvalue weighted by atomic mass is 9.83. The normalized spacial score (nSPS) is 16.4. The van der Waals surface area contributed by atoms with Gasteiger partial charge in [-0.15, -0.1) is 0 Å². The largest absolute Gasteiger partial charge is 0.448 e. The van der Waals surface area contributed by atoms with Gasteiger partial charge in [0.1, 0.15) is 5.76 Å². The molecule has 1 aliphatic rings. The summed E-state index contributed by atoms with van der Waals surface area (Å²) in [4.78, 5) is 6.35. The van der Waals surface area contributed by atoms with Crippen LogP contribution in [0.25, 0.3) is 0 Å². The minimum atomic E-state index is -4.27. The van der Waals surface area contributed by atoms with Crippen molar-refractivity contribution < 1.29 is 17.6 Å². The zero-order chi connectivity index (χ0) is 16.7. The number of benzene rings is 1. The van der Waals surface area contributed by atoms with E-state index in [0.717, 1.165) is 30.0 Å². The Morgan fingerprint density at radius 2 is 2.04 bits per heavy atom. The van der Waals surface area contributed by atoms with E-state index in [1.165, 1.54) is 20.2 Å². The van der Waals surface area contributed by atoms with E-state index in [2.05, 4.69) is 9.88 Å². The molecule has 0 unspecified atom stereocenters. The van der Waals surface area contributed by atoms with E-state index in [1.807, 2.05) is 6.07 Å². The van der Waals surface area contributed by atoms with Crippen molar-refractivity contribution in [3.05, 3.63) is 53.2 Å². The van der Waals surface area contributed by atoms with Crippen LogP contribution in [0.5, 0.6) is 0 Å². The average molecular weight is 324 g/mol. The van der Waals surface area contributed by atoms with Crippen LogP contribution in [0.3, 0.4) is 0 Å². The third-order valence-electron chi connectivity index (χ3n) is 4.52. The van der Waals surface area contributed by atoms with Crippen molar-refractivity contribution in [1.29, 1.82) is 0 Å². The molecule has 0 aliphatic carbocycles. The van der Waals surface area contributed by atoms with Crippen molar-refractivity contribution in [2.24, 2.45) is 0 Å². The number of oxazole rings is 1. The minimum absolute atomic E-state index is 0.293. The van der Waals surface area contributed by atoms with Crippen LogP contribution in [0.2, 0.25) is 0 Å². The first-order valence-electron chi connectivity index (χ1n) is 7.57. The minimum Gasteiger partial charge on any atom is -0.448 e. The molecular weight excluding hydrogens is 305 g/mol. The van der Waals surface area contributed by atoms with Crippen molar-refractivity contribution in [3.63, 3.8) is 0 Å². The summed E-state index contributed by atoms with van der Waals surface area (Å²) in [5, 5.41) is 0. The third-order valence-corrected chi connectivity index (χ3v) is 4.52. The van der Waals surface area contributed by atoms with Crippen LogP contribution in [0, 0.1) is 0 Å². The van der Waals surface area contributed by atoms with Gasteiger partial charge in [0.15, 0.2) is 6.39 Å². The Hall–Kier alpha value is -1.82. The molecule has 3 rings (SSSR count). The summed E-state index contributed by atoms with van der Waals surface area (Å²) >= 11 is 0. The molecule has 3 nitrogen and oxygen atoms in total. The number of nitrogens with zero attached hydrogens (tertiary/aromatic N) is 2. The standard InChI is InChI=1S/C17H19F3N2O/c1-16(2,17(18,19)20)13-5-3-4-12(8-13)9-22-7-6-15-14(10-22)21-11-23-15/h3-5,8,11H,6-7,9-10H2,1-2H3. The van der Waals surface area contributed by atoms with E-state index in [1.54, 1.807) is 18.2 Å². The van der Waals surface area contributed by atoms with Gasteiger partial charge in [0, 0.05) is 26.1 Å². The van der Waals surface area contributed by atoms with Gasteiger partial charge in [0.2, 0.25) is 0 Å². The molecular formula is C17H19F3N2O. The predicted molar refractivity (Wildman–Crippen MR) is 79.8 cm³/mol. The maximum atomic E-state index is 13.2. The highest BCUT2D eigenvalue weighted by Crippen LogP contribution is 2.40. The van der Waals surface area contributed by atoms with E-state index in [-0.39, 0.29) is 0 Å². The summed E-state index contributed by atoms with van der Waals surface area (Å²) < 4.78 is 44.9. The fourth-order valence-corrected chi connectivity index (χ4v) is 2.79. The summed E-state index contributed by atoms with van der Waals surface area (Å²) in [6, 6.07) is 6.77. The van der Waals surface area contributed by atoms with E-state index >= 15 is 0 Å². The number of halogens is 3. The molecule has 0 amide bonds. The topological polar surface area (TPSA) is 29.3 Å². The summed E-state index contributed by atoms with van der Waals surface area (Å²) in [6.07, 6.45) is -2.05. The maximum Gasteiger partial charge on any atom is 0.397 e. The van der Waals surface area contributed by atoms with Crippen molar-refractivity contribution in [2.75, 3.05) is 6.54 Å². The molecule has 1 aromatic carbocycles. The van der Waals surface area contributed by atoms with Crippen LogP contribution in [0.1, 0.15) is 36.4 Å². The lowest BCUT2D eigenvalue weighted by Crippen LogP contribution is -2.36. The Labute approximate surface area is 133 Å². The van der Waals surface area contributed by atoms with Gasteiger partial charge in [-0.05, 0) is 25.0 Å². The Bertz CT molecular complexity index is 691. The quantitative estimate of drug-likeness (QED) is 0.852. The fourth-order valence-electron chi connectivity index (χ4n) is 2.79. The SMILES string of the molecule is CC(C)(c1cccc(CN2CCc3ocnc3C2)c1)C(F)(F)F. The number of hydrogen-bond acceptors (Lipinski definition) is 3. The van der Waals surface area contributed by atoms with Gasteiger partial charge in [-0.3, -0.25) is 4.90 Å². The lowest BCUT2D eigenvalue weighted by Gasteiger charge is -2.29. The van der Waals surface area contributed by atoms with E-state index in [4.69, 9.17) is 4.42 Å². The molecule has 0 atom stereocenters. The molecule has 0 N–H and O–H groups in total. The number of rotatable bonds is 3. The Morgan fingerprint density at radius 1 is 1.26 bits per heavy atom. The monoisotopic (exact) mass is 324 g/mol. The Morgan fingerprint density at radius 3 is 2.78 bits per heavy atom. The molecule has 6 heteroatoms. The molecule has 0 radical (unpaired) electrons. The maximum absolute atomic E-state index is 13.2. The van der Waals surface area contributed by atoms with Crippen molar-refractivity contribution >= 4 is 0 Å². The summed E-state index contributed by atoms with van der Waals surface area (Å²) in [7, 11) is 0. The van der Waals surface area contributed by atoms with E-state index in [9.17, 15) is 13.2 Å². The Balaban J connectivity index is 1.76. The van der Waals surface area contributed by atoms with Crippen molar-refractivity contribution in [1.82, 2.24) is 9.88 Å². The van der Waals surface area contributed by atoms with Gasteiger partial charge in [-0.25, -0.2) is 4.98 Å². The third kappa shape index (κ3) is 3.13. The van der Waals surface area contributed by atoms with Gasteiger partial charge in [-0.1, -0.05) is 24.3 Å². The summed E-state index contributed by atoms with van der Waals surface area (Å²) in [6.45, 7) is 4.52. The molecule has 124 valence electrons. The molecule has 1 aliphatic heterocycles. The first-order valence-corrected chi connectivity index (χ1v) is 7.57. The van der Waals surface area contributed by atoms with Crippen molar-refractivity contribution in [3.8, 4) is 0 Å². The summed E-state index contributed by atoms with van der Waals surface area (Å²) in [5.41, 5.74) is 0.237. The fraction of sp³-hybridized carbons (Fsp3) is 0.471. The average Bonchev–Trinajstić information content (AvgIpc) is 2.94. The number of aromatic nitrogens is 1. The molecule has 0 spiro atoms. The van der Waals surface area contributed by atoms with Gasteiger partial charge in [-0.2, -0.15) is 13.2 Å². The highest BCUT2D eigenvalue weighted by Gasteiger charge is 2.48. The van der Waals surface area contributed by atoms with Gasteiger partial charge >= 0.3 is 6.18 Å². The molecule has 2 aromatic rings. The zero-order valence-electron chi connectivity index (χ0n) is 13.2. The van der Waals surface area contributed by atoms with Crippen LogP contribution in [-0.2, 0) is 24.9 Å². The molecule has 0 bridgehead atoms. The molecule has 0 fully saturated rings. The number of fused-ring (bicyclic) bond motifs is 1. The highest BCUT2D eigenvalue weighted by molar-refractivity contribution is 5.30. The lowest BCUT2D eigenvalue weighted by molar-refractivity contribution is -0.180. The van der Waals surface area contributed by atoms with Gasteiger partial charge in [0.25, 0.3) is 0 Å². The van der Waals surface area contributed by atoms with Crippen LogP contribution < -0.4 is 0 Å². The Kier molecular flexibility index (Phi) is 3.96. The molecule has 23 heavy (non-hydrogen) atoms. The number of alkyl halides is 3. The molecule has 0 saturated carbocycles.